The van der Waals surface area contributed by atoms with Gasteiger partial charge in [-0.25, -0.2) is 0 Å². The molecule has 0 radical (unpaired) electrons. The highest BCUT2D eigenvalue weighted by atomic mass is 16.6. The number of nitro groups is 1. The average Bonchev–Trinajstić information content (AvgIpc) is 2.33. The first-order valence-corrected chi connectivity index (χ1v) is 6.19. The Morgan fingerprint density at radius 3 is 2.63 bits per heavy atom. The van der Waals surface area contributed by atoms with E-state index in [1.54, 1.807) is 6.92 Å². The smallest absolute Gasteiger partial charge is 0.273 e. The second-order valence-corrected chi connectivity index (χ2v) is 4.31. The molecule has 1 amide bonds. The molecule has 19 heavy (non-hydrogen) atoms. The molecule has 0 bridgehead atoms. The number of hydrogen-bond acceptors (Lipinski definition) is 4. The molecule has 0 aliphatic carbocycles. The van der Waals surface area contributed by atoms with Crippen molar-refractivity contribution in [3.05, 3.63) is 33.4 Å². The van der Waals surface area contributed by atoms with Crippen LogP contribution in [0, 0.1) is 17.0 Å². The van der Waals surface area contributed by atoms with E-state index in [9.17, 15) is 14.9 Å². The summed E-state index contributed by atoms with van der Waals surface area (Å²) in [5.74, 6) is -0.416. The molecule has 0 aliphatic rings. The van der Waals surface area contributed by atoms with Crippen molar-refractivity contribution < 1.29 is 14.5 Å². The van der Waals surface area contributed by atoms with Crippen LogP contribution in [0.3, 0.4) is 0 Å². The van der Waals surface area contributed by atoms with Crippen LogP contribution in [-0.4, -0.2) is 17.4 Å². The summed E-state index contributed by atoms with van der Waals surface area (Å²) in [4.78, 5) is 21.6. The Morgan fingerprint density at radius 1 is 1.42 bits per heavy atom. The lowest BCUT2D eigenvalue weighted by Gasteiger charge is -2.10. The van der Waals surface area contributed by atoms with Gasteiger partial charge in [0.15, 0.2) is 0 Å². The summed E-state index contributed by atoms with van der Waals surface area (Å²) in [6, 6.07) is 2.66. The molecule has 1 aromatic rings. The summed E-state index contributed by atoms with van der Waals surface area (Å²) in [6.07, 6.45) is 2.95. The van der Waals surface area contributed by atoms with Crippen LogP contribution in [0.4, 0.5) is 5.69 Å². The Kier molecular flexibility index (Phi) is 5.29. The van der Waals surface area contributed by atoms with Crippen LogP contribution >= 0.6 is 0 Å². The number of amides is 1. The van der Waals surface area contributed by atoms with Crippen molar-refractivity contribution in [2.75, 3.05) is 6.61 Å². The molecule has 6 heteroatoms. The lowest BCUT2D eigenvalue weighted by atomic mass is 10.1. The number of ether oxygens (including phenoxy) is 1. The van der Waals surface area contributed by atoms with E-state index in [-0.39, 0.29) is 11.3 Å². The average molecular weight is 266 g/mol. The SMILES string of the molecule is CCCCCOc1cc(C)c([N+](=O)[O-])cc1C(N)=O. The van der Waals surface area contributed by atoms with Gasteiger partial charge in [-0.3, -0.25) is 14.9 Å². The van der Waals surface area contributed by atoms with Crippen LogP contribution in [0.25, 0.3) is 0 Å². The molecule has 0 aliphatic heterocycles. The third-order valence-electron chi connectivity index (χ3n) is 2.77. The number of primary amides is 1. The Hall–Kier alpha value is -2.11. The largest absolute Gasteiger partial charge is 0.493 e. The summed E-state index contributed by atoms with van der Waals surface area (Å²) in [7, 11) is 0. The maximum absolute atomic E-state index is 11.3. The number of carbonyl (C=O) groups excluding carboxylic acids is 1. The number of aryl methyl sites for hydroxylation is 1. The first-order chi connectivity index (χ1) is 8.97. The van der Waals surface area contributed by atoms with Crippen LogP contribution in [-0.2, 0) is 0 Å². The zero-order valence-corrected chi connectivity index (χ0v) is 11.1. The Bertz CT molecular complexity index is 486. The van der Waals surface area contributed by atoms with E-state index in [0.717, 1.165) is 19.3 Å². The van der Waals surface area contributed by atoms with Crippen LogP contribution in [0.5, 0.6) is 5.75 Å². The molecule has 2 N–H and O–H groups in total. The molecule has 0 spiro atoms. The first-order valence-electron chi connectivity index (χ1n) is 6.19. The van der Waals surface area contributed by atoms with Crippen LogP contribution in [0.1, 0.15) is 42.1 Å². The second-order valence-electron chi connectivity index (χ2n) is 4.31. The molecule has 6 nitrogen and oxygen atoms in total. The molecule has 0 fully saturated rings. The Labute approximate surface area is 111 Å². The summed E-state index contributed by atoms with van der Waals surface area (Å²) in [5, 5.41) is 10.8. The first kappa shape index (κ1) is 14.9. The summed E-state index contributed by atoms with van der Waals surface area (Å²) < 4.78 is 5.49. The standard InChI is InChI=1S/C13H18N2O4/c1-3-4-5-6-19-12-7-9(2)11(15(17)18)8-10(12)13(14)16/h7-8H,3-6H2,1-2H3,(H2,14,16). The van der Waals surface area contributed by atoms with Gasteiger partial charge in [0.2, 0.25) is 0 Å². The van der Waals surface area contributed by atoms with E-state index in [2.05, 4.69) is 6.92 Å². The molecule has 0 atom stereocenters. The molecule has 0 aromatic heterocycles. The highest BCUT2D eigenvalue weighted by molar-refractivity contribution is 5.96. The van der Waals surface area contributed by atoms with E-state index in [0.29, 0.717) is 17.9 Å². The van der Waals surface area contributed by atoms with Gasteiger partial charge in [-0.15, -0.1) is 0 Å². The normalized spacial score (nSPS) is 10.2. The van der Waals surface area contributed by atoms with E-state index < -0.39 is 10.8 Å². The van der Waals surface area contributed by atoms with Crippen molar-refractivity contribution in [2.45, 2.75) is 33.1 Å². The van der Waals surface area contributed by atoms with Crippen LogP contribution in [0.2, 0.25) is 0 Å². The van der Waals surface area contributed by atoms with E-state index >= 15 is 0 Å². The van der Waals surface area contributed by atoms with Crippen LogP contribution < -0.4 is 10.5 Å². The molecule has 1 rings (SSSR count). The minimum Gasteiger partial charge on any atom is -0.493 e. The maximum atomic E-state index is 11.3. The fraction of sp³-hybridized carbons (Fsp3) is 0.462. The number of rotatable bonds is 7. The van der Waals surface area contributed by atoms with Crippen molar-refractivity contribution in [3.8, 4) is 5.75 Å². The highest BCUT2D eigenvalue weighted by Gasteiger charge is 2.19. The molecular formula is C13H18N2O4. The zero-order chi connectivity index (χ0) is 14.4. The van der Waals surface area contributed by atoms with Gasteiger partial charge in [-0.2, -0.15) is 0 Å². The van der Waals surface area contributed by atoms with Gasteiger partial charge in [-0.05, 0) is 19.4 Å². The molecule has 0 saturated carbocycles. The van der Waals surface area contributed by atoms with E-state index in [1.165, 1.54) is 12.1 Å². The number of hydrogen-bond donors (Lipinski definition) is 1. The fourth-order valence-corrected chi connectivity index (χ4v) is 1.71. The summed E-state index contributed by atoms with van der Waals surface area (Å²) >= 11 is 0. The fourth-order valence-electron chi connectivity index (χ4n) is 1.71. The van der Waals surface area contributed by atoms with E-state index in [4.69, 9.17) is 10.5 Å². The van der Waals surface area contributed by atoms with Gasteiger partial charge in [-0.1, -0.05) is 19.8 Å². The molecule has 104 valence electrons. The predicted molar refractivity (Wildman–Crippen MR) is 71.4 cm³/mol. The quantitative estimate of drug-likeness (QED) is 0.466. The van der Waals surface area contributed by atoms with Gasteiger partial charge < -0.3 is 10.5 Å². The molecule has 0 saturated heterocycles. The lowest BCUT2D eigenvalue weighted by molar-refractivity contribution is -0.385. The van der Waals surface area contributed by atoms with E-state index in [1.807, 2.05) is 0 Å². The third-order valence-corrected chi connectivity index (χ3v) is 2.77. The summed E-state index contributed by atoms with van der Waals surface area (Å²) in [6.45, 7) is 4.14. The minimum atomic E-state index is -0.728. The Morgan fingerprint density at radius 2 is 2.11 bits per heavy atom. The summed E-state index contributed by atoms with van der Waals surface area (Å²) in [5.41, 5.74) is 5.59. The number of nitro benzene ring substituents is 1. The maximum Gasteiger partial charge on any atom is 0.273 e. The van der Waals surface area contributed by atoms with Gasteiger partial charge in [0.1, 0.15) is 5.75 Å². The van der Waals surface area contributed by atoms with Crippen LogP contribution in [0.15, 0.2) is 12.1 Å². The number of benzene rings is 1. The van der Waals surface area contributed by atoms with Crippen molar-refractivity contribution in [1.82, 2.24) is 0 Å². The minimum absolute atomic E-state index is 0.0498. The van der Waals surface area contributed by atoms with Gasteiger partial charge in [0.25, 0.3) is 11.6 Å². The molecule has 0 unspecified atom stereocenters. The van der Waals surface area contributed by atoms with Gasteiger partial charge >= 0.3 is 0 Å². The van der Waals surface area contributed by atoms with Crippen molar-refractivity contribution >= 4 is 11.6 Å². The van der Waals surface area contributed by atoms with Gasteiger partial charge in [0, 0.05) is 11.6 Å². The second kappa shape index (κ2) is 6.72. The number of nitrogens with two attached hydrogens (primary N) is 1. The molecule has 0 heterocycles. The topological polar surface area (TPSA) is 95.5 Å². The zero-order valence-electron chi connectivity index (χ0n) is 11.1. The monoisotopic (exact) mass is 266 g/mol. The Balaban J connectivity index is 2.99. The van der Waals surface area contributed by atoms with Crippen molar-refractivity contribution in [1.29, 1.82) is 0 Å². The highest BCUT2D eigenvalue weighted by Crippen LogP contribution is 2.28. The molecular weight excluding hydrogens is 248 g/mol. The third kappa shape index (κ3) is 3.94. The number of unbranched alkanes of at least 4 members (excludes halogenated alkanes) is 2. The predicted octanol–water partition coefficient (Wildman–Crippen LogP) is 2.57. The van der Waals surface area contributed by atoms with Gasteiger partial charge in [0.05, 0.1) is 17.1 Å². The van der Waals surface area contributed by atoms with Crippen molar-refractivity contribution in [3.63, 3.8) is 0 Å². The number of carbonyl (C=O) groups is 1. The van der Waals surface area contributed by atoms with Crippen molar-refractivity contribution in [2.24, 2.45) is 5.73 Å². The lowest BCUT2D eigenvalue weighted by Crippen LogP contribution is -2.14. The number of nitrogens with zero attached hydrogens (tertiary/aromatic N) is 1. The molecule has 1 aromatic carbocycles.